The smallest absolute Gasteiger partial charge is 0.337 e. The van der Waals surface area contributed by atoms with Crippen LogP contribution < -0.4 is 5.32 Å². The molecular formula is C15H19NO4. The van der Waals surface area contributed by atoms with Gasteiger partial charge in [0.1, 0.15) is 0 Å². The number of nitrogens with one attached hydrogen (secondary N) is 1. The molecule has 108 valence electrons. The predicted molar refractivity (Wildman–Crippen MR) is 77.0 cm³/mol. The minimum Gasteiger partial charge on any atom is -0.478 e. The summed E-state index contributed by atoms with van der Waals surface area (Å²) < 4.78 is 5.17. The van der Waals surface area contributed by atoms with Gasteiger partial charge in [-0.05, 0) is 25.5 Å². The molecule has 0 heterocycles. The van der Waals surface area contributed by atoms with Gasteiger partial charge < -0.3 is 15.2 Å². The quantitative estimate of drug-likeness (QED) is 0.565. The molecule has 20 heavy (non-hydrogen) atoms. The number of amides is 1. The van der Waals surface area contributed by atoms with Crippen LogP contribution in [0.4, 0.5) is 5.69 Å². The number of carboxylic acid groups (broad SMARTS) is 1. The molecule has 0 aromatic heterocycles. The van der Waals surface area contributed by atoms with Gasteiger partial charge in [0.05, 0.1) is 17.9 Å². The van der Waals surface area contributed by atoms with E-state index in [1.54, 1.807) is 25.1 Å². The van der Waals surface area contributed by atoms with E-state index >= 15 is 0 Å². The molecule has 1 aromatic carbocycles. The van der Waals surface area contributed by atoms with Crippen LogP contribution in [0.2, 0.25) is 0 Å². The summed E-state index contributed by atoms with van der Waals surface area (Å²) >= 11 is 0. The first-order valence-corrected chi connectivity index (χ1v) is 6.37. The van der Waals surface area contributed by atoms with Crippen LogP contribution >= 0.6 is 0 Å². The number of carbonyl (C=O) groups excluding carboxylic acids is 1. The molecule has 2 N–H and O–H groups in total. The predicted octanol–water partition coefficient (Wildman–Crippen LogP) is 2.61. The van der Waals surface area contributed by atoms with E-state index in [1.807, 2.05) is 0 Å². The Morgan fingerprint density at radius 3 is 2.85 bits per heavy atom. The van der Waals surface area contributed by atoms with Crippen LogP contribution in [0.5, 0.6) is 0 Å². The third-order valence-corrected chi connectivity index (χ3v) is 2.61. The average Bonchev–Trinajstić information content (AvgIpc) is 2.40. The van der Waals surface area contributed by atoms with Gasteiger partial charge in [-0.3, -0.25) is 4.79 Å². The molecule has 0 aliphatic heterocycles. The van der Waals surface area contributed by atoms with Crippen molar-refractivity contribution in [1.82, 2.24) is 0 Å². The lowest BCUT2D eigenvalue weighted by molar-refractivity contribution is -0.116. The number of aryl methyl sites for hydroxylation is 1. The molecule has 1 amide bonds. The fourth-order valence-electron chi connectivity index (χ4n) is 1.66. The third-order valence-electron chi connectivity index (χ3n) is 2.61. The Morgan fingerprint density at radius 2 is 2.20 bits per heavy atom. The van der Waals surface area contributed by atoms with Gasteiger partial charge in [0, 0.05) is 13.0 Å². The fraction of sp³-hybridized carbons (Fsp3) is 0.333. The van der Waals surface area contributed by atoms with E-state index in [0.29, 0.717) is 25.3 Å². The van der Waals surface area contributed by atoms with Crippen LogP contribution in [0, 0.1) is 6.92 Å². The zero-order valence-corrected chi connectivity index (χ0v) is 11.5. The normalized spacial score (nSPS) is 10.1. The summed E-state index contributed by atoms with van der Waals surface area (Å²) in [6, 6.07) is 4.89. The van der Waals surface area contributed by atoms with Gasteiger partial charge >= 0.3 is 5.97 Å². The standard InChI is InChI=1S/C15H19NO4/c1-3-8-20-9-4-5-14(17)16-13-7-6-11(2)10-12(13)15(18)19/h3,6-7,10H,1,4-5,8-9H2,2H3,(H,16,17)(H,18,19). The molecule has 0 radical (unpaired) electrons. The summed E-state index contributed by atoms with van der Waals surface area (Å²) in [5, 5.41) is 11.7. The highest BCUT2D eigenvalue weighted by Gasteiger charge is 2.12. The van der Waals surface area contributed by atoms with Crippen molar-refractivity contribution in [2.75, 3.05) is 18.5 Å². The number of anilines is 1. The van der Waals surface area contributed by atoms with Crippen molar-refractivity contribution < 1.29 is 19.4 Å². The molecule has 0 saturated carbocycles. The number of hydrogen-bond donors (Lipinski definition) is 2. The lowest BCUT2D eigenvalue weighted by atomic mass is 10.1. The van der Waals surface area contributed by atoms with Gasteiger partial charge in [-0.1, -0.05) is 17.7 Å². The van der Waals surface area contributed by atoms with Crippen LogP contribution in [0.25, 0.3) is 0 Å². The van der Waals surface area contributed by atoms with Crippen molar-refractivity contribution in [2.24, 2.45) is 0 Å². The Kier molecular flexibility index (Phi) is 6.46. The molecule has 5 nitrogen and oxygen atoms in total. The first kappa shape index (κ1) is 15.9. The Labute approximate surface area is 118 Å². The van der Waals surface area contributed by atoms with E-state index in [-0.39, 0.29) is 17.9 Å². The Balaban J connectivity index is 2.53. The Bertz CT molecular complexity index is 497. The zero-order valence-electron chi connectivity index (χ0n) is 11.5. The number of hydrogen-bond acceptors (Lipinski definition) is 3. The summed E-state index contributed by atoms with van der Waals surface area (Å²) in [6.45, 7) is 6.26. The van der Waals surface area contributed by atoms with Gasteiger partial charge in [-0.25, -0.2) is 4.79 Å². The summed E-state index contributed by atoms with van der Waals surface area (Å²) in [7, 11) is 0. The molecule has 0 saturated heterocycles. The molecular weight excluding hydrogens is 258 g/mol. The lowest BCUT2D eigenvalue weighted by Crippen LogP contribution is -2.15. The van der Waals surface area contributed by atoms with E-state index in [4.69, 9.17) is 9.84 Å². The van der Waals surface area contributed by atoms with Gasteiger partial charge in [-0.15, -0.1) is 6.58 Å². The minimum absolute atomic E-state index is 0.0984. The first-order chi connectivity index (χ1) is 9.54. The first-order valence-electron chi connectivity index (χ1n) is 6.37. The number of benzene rings is 1. The second-order valence-corrected chi connectivity index (χ2v) is 4.37. The largest absolute Gasteiger partial charge is 0.478 e. The molecule has 0 aliphatic rings. The molecule has 1 aromatic rings. The summed E-state index contributed by atoms with van der Waals surface area (Å²) in [5.41, 5.74) is 1.25. The summed E-state index contributed by atoms with van der Waals surface area (Å²) in [5.74, 6) is -1.28. The van der Waals surface area contributed by atoms with E-state index in [0.717, 1.165) is 5.56 Å². The van der Waals surface area contributed by atoms with Crippen molar-refractivity contribution >= 4 is 17.6 Å². The summed E-state index contributed by atoms with van der Waals surface area (Å²) in [4.78, 5) is 22.8. The minimum atomic E-state index is -1.06. The molecule has 0 fully saturated rings. The van der Waals surface area contributed by atoms with Crippen LogP contribution in [0.1, 0.15) is 28.8 Å². The zero-order chi connectivity index (χ0) is 15.0. The molecule has 0 bridgehead atoms. The van der Waals surface area contributed by atoms with Gasteiger partial charge in [0.2, 0.25) is 5.91 Å². The van der Waals surface area contributed by atoms with Crippen LogP contribution in [-0.2, 0) is 9.53 Å². The van der Waals surface area contributed by atoms with Crippen molar-refractivity contribution in [3.8, 4) is 0 Å². The highest BCUT2D eigenvalue weighted by Crippen LogP contribution is 2.17. The Hall–Kier alpha value is -2.14. The van der Waals surface area contributed by atoms with E-state index in [9.17, 15) is 9.59 Å². The van der Waals surface area contributed by atoms with Gasteiger partial charge in [0.15, 0.2) is 0 Å². The third kappa shape index (κ3) is 5.24. The maximum atomic E-state index is 11.7. The Morgan fingerprint density at radius 1 is 1.45 bits per heavy atom. The van der Waals surface area contributed by atoms with E-state index in [2.05, 4.69) is 11.9 Å². The second-order valence-electron chi connectivity index (χ2n) is 4.37. The van der Waals surface area contributed by atoms with Gasteiger partial charge in [-0.2, -0.15) is 0 Å². The maximum absolute atomic E-state index is 11.7. The highest BCUT2D eigenvalue weighted by atomic mass is 16.5. The van der Waals surface area contributed by atoms with Crippen LogP contribution in [0.15, 0.2) is 30.9 Å². The van der Waals surface area contributed by atoms with E-state index < -0.39 is 5.97 Å². The number of carbonyl (C=O) groups is 2. The number of carboxylic acids is 1. The van der Waals surface area contributed by atoms with Crippen molar-refractivity contribution in [3.63, 3.8) is 0 Å². The maximum Gasteiger partial charge on any atom is 0.337 e. The SMILES string of the molecule is C=CCOCCCC(=O)Nc1ccc(C)cc1C(=O)O. The fourth-order valence-corrected chi connectivity index (χ4v) is 1.66. The van der Waals surface area contributed by atoms with E-state index in [1.165, 1.54) is 6.07 Å². The molecule has 5 heteroatoms. The van der Waals surface area contributed by atoms with Crippen molar-refractivity contribution in [1.29, 1.82) is 0 Å². The van der Waals surface area contributed by atoms with Gasteiger partial charge in [0.25, 0.3) is 0 Å². The molecule has 0 aliphatic carbocycles. The second kappa shape index (κ2) is 8.12. The number of rotatable bonds is 8. The van der Waals surface area contributed by atoms with Crippen molar-refractivity contribution in [2.45, 2.75) is 19.8 Å². The topological polar surface area (TPSA) is 75.6 Å². The molecule has 0 spiro atoms. The monoisotopic (exact) mass is 277 g/mol. The number of ether oxygens (including phenoxy) is 1. The van der Waals surface area contributed by atoms with Crippen LogP contribution in [-0.4, -0.2) is 30.2 Å². The molecule has 0 atom stereocenters. The molecule has 1 rings (SSSR count). The van der Waals surface area contributed by atoms with Crippen LogP contribution in [0.3, 0.4) is 0 Å². The molecule has 0 unspecified atom stereocenters. The average molecular weight is 277 g/mol. The highest BCUT2D eigenvalue weighted by molar-refractivity contribution is 6.00. The number of aromatic carboxylic acids is 1. The lowest BCUT2D eigenvalue weighted by Gasteiger charge is -2.09. The van der Waals surface area contributed by atoms with Crippen molar-refractivity contribution in [3.05, 3.63) is 42.0 Å². The summed E-state index contributed by atoms with van der Waals surface area (Å²) in [6.07, 6.45) is 2.50.